The maximum Gasteiger partial charge on any atom is 0.335 e. The summed E-state index contributed by atoms with van der Waals surface area (Å²) in [7, 11) is -3.72. The third-order valence-electron chi connectivity index (χ3n) is 5.80. The van der Waals surface area contributed by atoms with Crippen LogP contribution in [0.4, 0.5) is 5.69 Å². The molecule has 0 aliphatic heterocycles. The maximum absolute atomic E-state index is 12.9. The van der Waals surface area contributed by atoms with Crippen LogP contribution in [0.25, 0.3) is 0 Å². The molecule has 2 N–H and O–H groups in total. The zero-order valence-corrected chi connectivity index (χ0v) is 20.9. The van der Waals surface area contributed by atoms with Gasteiger partial charge < -0.3 is 9.84 Å². The lowest BCUT2D eigenvalue weighted by Gasteiger charge is -2.13. The number of unbranched alkanes of at least 4 members (excludes halogenated alkanes) is 3. The predicted octanol–water partition coefficient (Wildman–Crippen LogP) is 6.32. The van der Waals surface area contributed by atoms with E-state index in [-0.39, 0.29) is 4.90 Å². The fraction of sp³-hybridized carbons (Fsp3) is 0.321. The van der Waals surface area contributed by atoms with Crippen LogP contribution in [0.1, 0.15) is 60.5 Å². The van der Waals surface area contributed by atoms with Gasteiger partial charge in [-0.05, 0) is 79.6 Å². The highest BCUT2D eigenvalue weighted by Crippen LogP contribution is 2.24. The van der Waals surface area contributed by atoms with Gasteiger partial charge in [0.15, 0.2) is 0 Å². The fourth-order valence-corrected chi connectivity index (χ4v) is 4.95. The number of aromatic carboxylic acids is 1. The third kappa shape index (κ3) is 7.86. The highest BCUT2D eigenvalue weighted by atomic mass is 32.2. The van der Waals surface area contributed by atoms with Crippen LogP contribution in [0.15, 0.2) is 77.7 Å². The first kappa shape index (κ1) is 26.3. The molecule has 3 aromatic rings. The summed E-state index contributed by atoms with van der Waals surface area (Å²) in [4.78, 5) is 11.5. The molecule has 0 saturated carbocycles. The van der Waals surface area contributed by atoms with Crippen molar-refractivity contribution in [3.05, 3.63) is 89.5 Å². The van der Waals surface area contributed by atoms with Gasteiger partial charge in [-0.15, -0.1) is 0 Å². The molecular formula is C28H33NO5S. The Balaban J connectivity index is 1.55. The molecule has 3 rings (SSSR count). The summed E-state index contributed by atoms with van der Waals surface area (Å²) < 4.78 is 34.2. The van der Waals surface area contributed by atoms with Gasteiger partial charge in [-0.3, -0.25) is 4.72 Å². The number of aryl methyl sites for hydroxylation is 2. The third-order valence-corrected chi connectivity index (χ3v) is 7.18. The summed E-state index contributed by atoms with van der Waals surface area (Å²) in [6.07, 6.45) is 6.07. The van der Waals surface area contributed by atoms with Crippen molar-refractivity contribution in [3.8, 4) is 5.75 Å². The van der Waals surface area contributed by atoms with Gasteiger partial charge in [-0.1, -0.05) is 56.2 Å². The van der Waals surface area contributed by atoms with E-state index >= 15 is 0 Å². The minimum absolute atomic E-state index is 0.187. The van der Waals surface area contributed by atoms with Crippen molar-refractivity contribution in [3.63, 3.8) is 0 Å². The second-order valence-electron chi connectivity index (χ2n) is 8.46. The number of rotatable bonds is 14. The van der Waals surface area contributed by atoms with E-state index in [1.54, 1.807) is 42.5 Å². The van der Waals surface area contributed by atoms with E-state index in [1.165, 1.54) is 0 Å². The highest BCUT2D eigenvalue weighted by Gasteiger charge is 2.16. The maximum atomic E-state index is 12.9. The number of carboxylic acids is 1. The van der Waals surface area contributed by atoms with Crippen LogP contribution < -0.4 is 9.46 Å². The molecule has 0 aromatic heterocycles. The number of para-hydroxylation sites is 1. The van der Waals surface area contributed by atoms with Crippen LogP contribution >= 0.6 is 0 Å². The molecular weight excluding hydrogens is 462 g/mol. The summed E-state index contributed by atoms with van der Waals surface area (Å²) in [5.41, 5.74) is 2.70. The molecule has 3 aromatic carbocycles. The molecule has 0 fully saturated rings. The Kier molecular flexibility index (Phi) is 9.73. The zero-order valence-electron chi connectivity index (χ0n) is 20.1. The Bertz CT molecular complexity index is 1210. The van der Waals surface area contributed by atoms with Crippen LogP contribution in [-0.2, 0) is 22.9 Å². The van der Waals surface area contributed by atoms with Crippen LogP contribution in [0, 0.1) is 0 Å². The number of hydrogen-bond acceptors (Lipinski definition) is 4. The first-order chi connectivity index (χ1) is 16.9. The van der Waals surface area contributed by atoms with Crippen LogP contribution in [0.5, 0.6) is 5.75 Å². The number of benzene rings is 3. The van der Waals surface area contributed by atoms with Crippen molar-refractivity contribution in [1.29, 1.82) is 0 Å². The summed E-state index contributed by atoms with van der Waals surface area (Å²) in [6, 6.07) is 21.0. The lowest BCUT2D eigenvalue weighted by atomic mass is 9.99. The van der Waals surface area contributed by atoms with Crippen LogP contribution in [0.3, 0.4) is 0 Å². The molecule has 0 unspecified atom stereocenters. The van der Waals surface area contributed by atoms with E-state index in [9.17, 15) is 18.3 Å². The summed E-state index contributed by atoms with van der Waals surface area (Å²) in [5.74, 6) is -0.246. The average molecular weight is 496 g/mol. The lowest BCUT2D eigenvalue weighted by Crippen LogP contribution is -2.14. The summed E-state index contributed by atoms with van der Waals surface area (Å²) in [6.45, 7) is 2.70. The number of carbonyl (C=O) groups is 1. The van der Waals surface area contributed by atoms with Crippen LogP contribution in [0.2, 0.25) is 0 Å². The quantitative estimate of drug-likeness (QED) is 0.255. The number of ether oxygens (including phenoxy) is 1. The number of carboxylic acid groups (broad SMARTS) is 1. The number of anilines is 1. The molecule has 6 nitrogen and oxygen atoms in total. The number of sulfonamides is 1. The average Bonchev–Trinajstić information content (AvgIpc) is 2.85. The van der Waals surface area contributed by atoms with Crippen molar-refractivity contribution >= 4 is 21.7 Å². The van der Waals surface area contributed by atoms with Crippen LogP contribution in [-0.4, -0.2) is 26.1 Å². The Morgan fingerprint density at radius 1 is 0.829 bits per heavy atom. The Labute approximate surface area is 208 Å². The summed E-state index contributed by atoms with van der Waals surface area (Å²) >= 11 is 0. The monoisotopic (exact) mass is 495 g/mol. The zero-order chi connectivity index (χ0) is 25.1. The SMILES string of the molecule is CCCCOc1ccc(S(=O)(=O)Nc2ccccc2CCCCCc2ccccc2C(=O)O)cc1. The van der Waals surface area contributed by atoms with Crippen molar-refractivity contribution in [2.24, 2.45) is 0 Å². The second-order valence-corrected chi connectivity index (χ2v) is 10.1. The van der Waals surface area contributed by atoms with Crippen molar-refractivity contribution < 1.29 is 23.1 Å². The Morgan fingerprint density at radius 2 is 1.46 bits per heavy atom. The van der Waals surface area contributed by atoms with Crippen molar-refractivity contribution in [1.82, 2.24) is 0 Å². The van der Waals surface area contributed by atoms with Gasteiger partial charge in [-0.2, -0.15) is 0 Å². The topological polar surface area (TPSA) is 92.7 Å². The van der Waals surface area contributed by atoms with E-state index < -0.39 is 16.0 Å². The Hall–Kier alpha value is -3.32. The summed E-state index contributed by atoms with van der Waals surface area (Å²) in [5, 5.41) is 9.32. The molecule has 7 heteroatoms. The van der Waals surface area contributed by atoms with E-state index in [4.69, 9.17) is 4.74 Å². The molecule has 186 valence electrons. The molecule has 0 aliphatic carbocycles. The standard InChI is InChI=1S/C28H33NO5S/c1-2-3-21-34-24-17-19-25(20-18-24)35(32,33)29-27-16-10-8-14-23(27)13-6-4-5-11-22-12-7-9-15-26(22)28(30)31/h7-10,12,14-20,29H,2-6,11,13,21H2,1H3,(H,30,31). The Morgan fingerprint density at radius 3 is 2.14 bits per heavy atom. The molecule has 35 heavy (non-hydrogen) atoms. The van der Waals surface area contributed by atoms with Gasteiger partial charge in [0.1, 0.15) is 5.75 Å². The second kappa shape index (κ2) is 13.0. The van der Waals surface area contributed by atoms with Crippen molar-refractivity contribution in [2.75, 3.05) is 11.3 Å². The van der Waals surface area contributed by atoms with Crippen molar-refractivity contribution in [2.45, 2.75) is 56.8 Å². The number of nitrogens with one attached hydrogen (secondary N) is 1. The van der Waals surface area contributed by atoms with E-state index in [1.807, 2.05) is 30.3 Å². The highest BCUT2D eigenvalue weighted by molar-refractivity contribution is 7.92. The molecule has 0 saturated heterocycles. The molecule has 0 bridgehead atoms. The number of hydrogen-bond donors (Lipinski definition) is 2. The fourth-order valence-electron chi connectivity index (χ4n) is 3.85. The minimum Gasteiger partial charge on any atom is -0.494 e. The molecule has 0 spiro atoms. The van der Waals surface area contributed by atoms with E-state index in [0.29, 0.717) is 30.0 Å². The molecule has 0 amide bonds. The van der Waals surface area contributed by atoms with Gasteiger partial charge >= 0.3 is 5.97 Å². The first-order valence-corrected chi connectivity index (χ1v) is 13.5. The normalized spacial score (nSPS) is 11.2. The van der Waals surface area contributed by atoms with Gasteiger partial charge in [0, 0.05) is 0 Å². The molecule has 0 aliphatic rings. The van der Waals surface area contributed by atoms with Gasteiger partial charge in [0.25, 0.3) is 10.0 Å². The molecule has 0 heterocycles. The largest absolute Gasteiger partial charge is 0.494 e. The minimum atomic E-state index is -3.72. The van der Waals surface area contributed by atoms with Gasteiger partial charge in [0.05, 0.1) is 22.8 Å². The molecule has 0 atom stereocenters. The smallest absolute Gasteiger partial charge is 0.335 e. The van der Waals surface area contributed by atoms with Gasteiger partial charge in [-0.25, -0.2) is 13.2 Å². The first-order valence-electron chi connectivity index (χ1n) is 12.1. The predicted molar refractivity (Wildman–Crippen MR) is 139 cm³/mol. The van der Waals surface area contributed by atoms with Gasteiger partial charge in [0.2, 0.25) is 0 Å². The molecule has 0 radical (unpaired) electrons. The lowest BCUT2D eigenvalue weighted by molar-refractivity contribution is 0.0695. The van der Waals surface area contributed by atoms with E-state index in [0.717, 1.165) is 49.7 Å². The van der Waals surface area contributed by atoms with E-state index in [2.05, 4.69) is 11.6 Å².